The number of fused-ring (bicyclic) bond motifs is 2. The van der Waals surface area contributed by atoms with E-state index in [-0.39, 0.29) is 5.75 Å². The summed E-state index contributed by atoms with van der Waals surface area (Å²) in [5.41, 5.74) is 1.70. The van der Waals surface area contributed by atoms with Gasteiger partial charge in [0.2, 0.25) is 0 Å². The van der Waals surface area contributed by atoms with Crippen LogP contribution in [-0.4, -0.2) is 8.42 Å². The van der Waals surface area contributed by atoms with Gasteiger partial charge in [0.15, 0.2) is 9.84 Å². The molecule has 0 aliphatic heterocycles. The minimum Gasteiger partial charge on any atom is -0.224 e. The van der Waals surface area contributed by atoms with Gasteiger partial charge < -0.3 is 0 Å². The molecule has 0 fully saturated rings. The van der Waals surface area contributed by atoms with E-state index in [2.05, 4.69) is 34.1 Å². The molecule has 0 heterocycles. The molecule has 0 aliphatic carbocycles. The molecule has 4 aromatic rings. The van der Waals surface area contributed by atoms with Crippen molar-refractivity contribution < 1.29 is 8.42 Å². The third kappa shape index (κ3) is 3.97. The van der Waals surface area contributed by atoms with E-state index in [0.717, 1.165) is 37.1 Å². The lowest BCUT2D eigenvalue weighted by molar-refractivity contribution is 0.604. The molecule has 0 spiro atoms. The van der Waals surface area contributed by atoms with Gasteiger partial charge in [0.25, 0.3) is 0 Å². The second-order valence-electron chi connectivity index (χ2n) is 6.47. The Bertz CT molecular complexity index is 1200. The Morgan fingerprint density at radius 3 is 1.93 bits per heavy atom. The van der Waals surface area contributed by atoms with E-state index in [0.29, 0.717) is 0 Å². The first-order valence-corrected chi connectivity index (χ1v) is 11.1. The first-order chi connectivity index (χ1) is 13.0. The number of halogens is 1. The van der Waals surface area contributed by atoms with Crippen molar-refractivity contribution >= 4 is 53.4 Å². The van der Waals surface area contributed by atoms with Crippen molar-refractivity contribution in [2.24, 2.45) is 0 Å². The molecule has 0 aliphatic rings. The molecule has 0 radical (unpaired) electrons. The van der Waals surface area contributed by atoms with Crippen LogP contribution in [0.3, 0.4) is 0 Å². The molecule has 0 N–H and O–H groups in total. The van der Waals surface area contributed by atoms with Gasteiger partial charge in [-0.05, 0) is 56.9 Å². The lowest BCUT2D eigenvalue weighted by Gasteiger charge is -2.08. The van der Waals surface area contributed by atoms with Gasteiger partial charge in [-0.15, -0.1) is 0 Å². The molecule has 4 heteroatoms. The Balaban J connectivity index is 1.78. The molecule has 4 aromatic carbocycles. The lowest BCUT2D eigenvalue weighted by atomic mass is 9.97. The fraction of sp³-hybridized carbons (Fsp3) is 0.0435. The monoisotopic (exact) mass is 436 g/mol. The Kier molecular flexibility index (Phi) is 4.85. The van der Waals surface area contributed by atoms with E-state index < -0.39 is 9.84 Å². The van der Waals surface area contributed by atoms with E-state index in [9.17, 15) is 8.42 Å². The van der Waals surface area contributed by atoms with Gasteiger partial charge in [-0.2, -0.15) is 0 Å². The molecule has 0 saturated carbocycles. The van der Waals surface area contributed by atoms with Crippen LogP contribution in [0.2, 0.25) is 0 Å². The van der Waals surface area contributed by atoms with Crippen molar-refractivity contribution in [3.8, 4) is 0 Å². The van der Waals surface area contributed by atoms with Crippen molar-refractivity contribution in [1.82, 2.24) is 0 Å². The Morgan fingerprint density at radius 2 is 1.33 bits per heavy atom. The zero-order valence-corrected chi connectivity index (χ0v) is 16.9. The fourth-order valence-corrected chi connectivity index (χ4v) is 4.62. The van der Waals surface area contributed by atoms with Gasteiger partial charge in [-0.1, -0.05) is 76.6 Å². The molecule has 0 bridgehead atoms. The van der Waals surface area contributed by atoms with Gasteiger partial charge >= 0.3 is 0 Å². The van der Waals surface area contributed by atoms with E-state index in [4.69, 9.17) is 0 Å². The summed E-state index contributed by atoms with van der Waals surface area (Å²) < 4.78 is 26.2. The third-order valence-electron chi connectivity index (χ3n) is 4.54. The smallest absolute Gasteiger partial charge is 0.175 e. The topological polar surface area (TPSA) is 34.1 Å². The van der Waals surface area contributed by atoms with E-state index in [1.807, 2.05) is 60.7 Å². The van der Waals surface area contributed by atoms with Crippen LogP contribution >= 0.6 is 15.9 Å². The quantitative estimate of drug-likeness (QED) is 0.349. The van der Waals surface area contributed by atoms with Crippen molar-refractivity contribution in [3.05, 3.63) is 99.9 Å². The van der Waals surface area contributed by atoms with Gasteiger partial charge in [0.05, 0.1) is 5.75 Å². The molecule has 0 saturated heterocycles. The number of hydrogen-bond acceptors (Lipinski definition) is 2. The molecule has 4 rings (SSSR count). The second kappa shape index (κ2) is 7.29. The Labute approximate surface area is 167 Å². The van der Waals surface area contributed by atoms with E-state index >= 15 is 0 Å². The van der Waals surface area contributed by atoms with Crippen LogP contribution in [0.5, 0.6) is 0 Å². The number of hydrogen-bond donors (Lipinski definition) is 0. The standard InChI is InChI=1S/C23H17BrO2S/c24-20-11-9-17(10-12-20)16-27(25,26)14-13-23-21-7-3-1-5-18(21)15-19-6-2-4-8-22(19)23/h1-15H,16H2. The summed E-state index contributed by atoms with van der Waals surface area (Å²) in [5.74, 6) is -0.0144. The molecular weight excluding hydrogens is 420 g/mol. The number of benzene rings is 4. The molecular formula is C23H17BrO2S. The van der Waals surface area contributed by atoms with Gasteiger partial charge in [0.1, 0.15) is 0 Å². The molecule has 134 valence electrons. The Morgan fingerprint density at radius 1 is 0.778 bits per heavy atom. The summed E-state index contributed by atoms with van der Waals surface area (Å²) in [5, 5.41) is 5.63. The summed E-state index contributed by atoms with van der Waals surface area (Å²) >= 11 is 3.37. The minimum absolute atomic E-state index is 0.0144. The highest BCUT2D eigenvalue weighted by atomic mass is 79.9. The largest absolute Gasteiger partial charge is 0.224 e. The van der Waals surface area contributed by atoms with Crippen LogP contribution in [0.4, 0.5) is 0 Å². The predicted molar refractivity (Wildman–Crippen MR) is 117 cm³/mol. The summed E-state index contributed by atoms with van der Waals surface area (Å²) in [6, 6.07) is 25.6. The zero-order valence-electron chi connectivity index (χ0n) is 14.5. The zero-order chi connectivity index (χ0) is 18.9. The van der Waals surface area contributed by atoms with Crippen molar-refractivity contribution in [1.29, 1.82) is 0 Å². The molecule has 0 aromatic heterocycles. The molecule has 0 unspecified atom stereocenters. The molecule has 2 nitrogen and oxygen atoms in total. The maximum absolute atomic E-state index is 12.6. The highest BCUT2D eigenvalue weighted by molar-refractivity contribution is 9.10. The van der Waals surface area contributed by atoms with Crippen molar-refractivity contribution in [3.63, 3.8) is 0 Å². The van der Waals surface area contributed by atoms with Crippen molar-refractivity contribution in [2.45, 2.75) is 5.75 Å². The summed E-state index contributed by atoms with van der Waals surface area (Å²) in [7, 11) is -3.38. The van der Waals surface area contributed by atoms with Crippen LogP contribution in [0, 0.1) is 0 Å². The van der Waals surface area contributed by atoms with Crippen LogP contribution in [0.25, 0.3) is 27.6 Å². The van der Waals surface area contributed by atoms with E-state index in [1.54, 1.807) is 6.08 Å². The molecule has 0 amide bonds. The van der Waals surface area contributed by atoms with Gasteiger partial charge in [-0.25, -0.2) is 8.42 Å². The van der Waals surface area contributed by atoms with Crippen LogP contribution in [0.1, 0.15) is 11.1 Å². The molecule has 27 heavy (non-hydrogen) atoms. The maximum Gasteiger partial charge on any atom is 0.175 e. The van der Waals surface area contributed by atoms with Crippen molar-refractivity contribution in [2.75, 3.05) is 0 Å². The summed E-state index contributed by atoms with van der Waals surface area (Å²) in [6.45, 7) is 0. The number of rotatable bonds is 4. The number of sulfone groups is 1. The SMILES string of the molecule is O=S(=O)(C=Cc1c2ccccc2cc2ccccc12)Cc1ccc(Br)cc1. The van der Waals surface area contributed by atoms with Crippen LogP contribution < -0.4 is 0 Å². The summed E-state index contributed by atoms with van der Waals surface area (Å²) in [4.78, 5) is 0. The highest BCUT2D eigenvalue weighted by Gasteiger charge is 2.10. The Hall–Kier alpha value is -2.43. The minimum atomic E-state index is -3.38. The lowest BCUT2D eigenvalue weighted by Crippen LogP contribution is -1.99. The first kappa shape index (κ1) is 18.0. The highest BCUT2D eigenvalue weighted by Crippen LogP contribution is 2.29. The van der Waals surface area contributed by atoms with Gasteiger partial charge in [0, 0.05) is 9.88 Å². The van der Waals surface area contributed by atoms with Gasteiger partial charge in [-0.3, -0.25) is 0 Å². The first-order valence-electron chi connectivity index (χ1n) is 8.58. The second-order valence-corrected chi connectivity index (χ2v) is 9.27. The van der Waals surface area contributed by atoms with E-state index in [1.165, 1.54) is 5.41 Å². The third-order valence-corrected chi connectivity index (χ3v) is 6.35. The van der Waals surface area contributed by atoms with Crippen LogP contribution in [-0.2, 0) is 15.6 Å². The maximum atomic E-state index is 12.6. The predicted octanol–water partition coefficient (Wildman–Crippen LogP) is 6.34. The average molecular weight is 437 g/mol. The fourth-order valence-electron chi connectivity index (χ4n) is 3.26. The average Bonchev–Trinajstić information content (AvgIpc) is 2.67. The van der Waals surface area contributed by atoms with Crippen LogP contribution in [0.15, 0.2) is 88.7 Å². The normalized spacial score (nSPS) is 12.2. The summed E-state index contributed by atoms with van der Waals surface area (Å²) in [6.07, 6.45) is 1.73. The molecule has 0 atom stereocenters.